The van der Waals surface area contributed by atoms with Crippen LogP contribution in [0, 0.1) is 10.1 Å². The fourth-order valence-electron chi connectivity index (χ4n) is 1.97. The molecule has 0 aliphatic rings. The van der Waals surface area contributed by atoms with Crippen LogP contribution in [0.15, 0.2) is 30.3 Å². The van der Waals surface area contributed by atoms with Crippen LogP contribution in [-0.2, 0) is 6.18 Å². The molecule has 0 spiro atoms. The molecule has 3 nitrogen and oxygen atoms in total. The molecule has 0 atom stereocenters. The standard InChI is InChI=1S/C13H5Cl3F3NO2/c14-7-4-5-8(15)12(16)10(7)6-2-1-3-9(20(21)22)11(6)13(17,18)19/h1-5H. The fourth-order valence-corrected chi connectivity index (χ4v) is 2.70. The molecular weight excluding hydrogens is 366 g/mol. The number of nitro benzene ring substituents is 1. The van der Waals surface area contributed by atoms with E-state index in [1.807, 2.05) is 0 Å². The van der Waals surface area contributed by atoms with Gasteiger partial charge in [0.2, 0.25) is 0 Å². The summed E-state index contributed by atoms with van der Waals surface area (Å²) in [6.07, 6.45) is -4.96. The summed E-state index contributed by atoms with van der Waals surface area (Å²) in [6.45, 7) is 0. The van der Waals surface area contributed by atoms with Crippen LogP contribution in [0.4, 0.5) is 18.9 Å². The molecule has 116 valence electrons. The molecule has 0 aromatic heterocycles. The van der Waals surface area contributed by atoms with Gasteiger partial charge in [0.25, 0.3) is 5.69 Å². The number of nitro groups is 1. The molecule has 9 heteroatoms. The minimum absolute atomic E-state index is 0.0132. The van der Waals surface area contributed by atoms with Gasteiger partial charge in [-0.2, -0.15) is 13.2 Å². The van der Waals surface area contributed by atoms with Crippen molar-refractivity contribution in [3.05, 3.63) is 61.1 Å². The van der Waals surface area contributed by atoms with Crippen LogP contribution in [0.25, 0.3) is 11.1 Å². The quantitative estimate of drug-likeness (QED) is 0.357. The third-order valence-corrected chi connectivity index (χ3v) is 3.96. The van der Waals surface area contributed by atoms with Crippen LogP contribution in [-0.4, -0.2) is 4.92 Å². The van der Waals surface area contributed by atoms with Gasteiger partial charge in [0.15, 0.2) is 0 Å². The molecule has 0 aliphatic heterocycles. The zero-order chi connectivity index (χ0) is 16.7. The normalized spacial score (nSPS) is 11.5. The Morgan fingerprint density at radius 2 is 1.59 bits per heavy atom. The lowest BCUT2D eigenvalue weighted by Gasteiger charge is -2.15. The summed E-state index contributed by atoms with van der Waals surface area (Å²) in [7, 11) is 0. The van der Waals surface area contributed by atoms with Crippen molar-refractivity contribution in [2.75, 3.05) is 0 Å². The summed E-state index contributed by atoms with van der Waals surface area (Å²) in [6, 6.07) is 5.53. The van der Waals surface area contributed by atoms with E-state index in [1.54, 1.807) is 0 Å². The third-order valence-electron chi connectivity index (χ3n) is 2.84. The largest absolute Gasteiger partial charge is 0.423 e. The Bertz CT molecular complexity index is 763. The second-order valence-corrected chi connectivity index (χ2v) is 5.37. The van der Waals surface area contributed by atoms with Gasteiger partial charge in [-0.3, -0.25) is 10.1 Å². The topological polar surface area (TPSA) is 43.1 Å². The summed E-state index contributed by atoms with van der Waals surface area (Å²) < 4.78 is 39.9. The second kappa shape index (κ2) is 5.95. The maximum atomic E-state index is 13.3. The number of nitrogens with zero attached hydrogens (tertiary/aromatic N) is 1. The number of rotatable bonds is 2. The first-order valence-corrected chi connectivity index (χ1v) is 6.76. The molecule has 0 radical (unpaired) electrons. The van der Waals surface area contributed by atoms with Crippen molar-refractivity contribution >= 4 is 40.5 Å². The van der Waals surface area contributed by atoms with Gasteiger partial charge in [-0.1, -0.05) is 46.9 Å². The number of alkyl halides is 3. The van der Waals surface area contributed by atoms with E-state index < -0.39 is 27.9 Å². The zero-order valence-corrected chi connectivity index (χ0v) is 12.7. The SMILES string of the molecule is O=[N+]([O-])c1cccc(-c2c(Cl)ccc(Cl)c2Cl)c1C(F)(F)F. The van der Waals surface area contributed by atoms with Crippen LogP contribution in [0.2, 0.25) is 15.1 Å². The Kier molecular flexibility index (Phi) is 4.56. The van der Waals surface area contributed by atoms with Crippen LogP contribution in [0.5, 0.6) is 0 Å². The number of hydrogen-bond acceptors (Lipinski definition) is 2. The number of benzene rings is 2. The van der Waals surface area contributed by atoms with Crippen molar-refractivity contribution in [2.24, 2.45) is 0 Å². The molecule has 0 amide bonds. The molecule has 0 saturated carbocycles. The fraction of sp³-hybridized carbons (Fsp3) is 0.0769. The van der Waals surface area contributed by atoms with E-state index in [0.717, 1.165) is 18.2 Å². The van der Waals surface area contributed by atoms with Gasteiger partial charge in [0.1, 0.15) is 5.56 Å². The Hall–Kier alpha value is -1.50. The van der Waals surface area contributed by atoms with Crippen LogP contribution in [0.1, 0.15) is 5.56 Å². The van der Waals surface area contributed by atoms with Crippen molar-refractivity contribution < 1.29 is 18.1 Å². The minimum atomic E-state index is -4.96. The Labute approximate surface area is 137 Å². The molecule has 0 aliphatic carbocycles. The van der Waals surface area contributed by atoms with E-state index in [0.29, 0.717) is 0 Å². The highest BCUT2D eigenvalue weighted by molar-refractivity contribution is 6.46. The molecule has 0 N–H and O–H groups in total. The molecule has 0 bridgehead atoms. The highest BCUT2D eigenvalue weighted by Gasteiger charge is 2.41. The highest BCUT2D eigenvalue weighted by atomic mass is 35.5. The van der Waals surface area contributed by atoms with Crippen molar-refractivity contribution in [3.8, 4) is 11.1 Å². The molecule has 2 rings (SSSR count). The smallest absolute Gasteiger partial charge is 0.258 e. The molecule has 0 saturated heterocycles. The highest BCUT2D eigenvalue weighted by Crippen LogP contribution is 2.47. The van der Waals surface area contributed by atoms with Crippen LogP contribution < -0.4 is 0 Å². The van der Waals surface area contributed by atoms with Gasteiger partial charge in [-0.25, -0.2) is 0 Å². The summed E-state index contributed by atoms with van der Waals surface area (Å²) in [5.41, 5.74) is -3.21. The van der Waals surface area contributed by atoms with Gasteiger partial charge in [-0.15, -0.1) is 0 Å². The molecule has 2 aromatic carbocycles. The lowest BCUT2D eigenvalue weighted by molar-refractivity contribution is -0.388. The first kappa shape index (κ1) is 16.9. The summed E-state index contributed by atoms with van der Waals surface area (Å²) in [4.78, 5) is 9.79. The van der Waals surface area contributed by atoms with Gasteiger partial charge in [0, 0.05) is 17.2 Å². The predicted molar refractivity (Wildman–Crippen MR) is 78.6 cm³/mol. The Balaban J connectivity index is 2.92. The first-order valence-electron chi connectivity index (χ1n) is 5.63. The van der Waals surface area contributed by atoms with Crippen molar-refractivity contribution in [1.29, 1.82) is 0 Å². The Morgan fingerprint density at radius 3 is 2.14 bits per heavy atom. The lowest BCUT2D eigenvalue weighted by Crippen LogP contribution is -2.11. The van der Waals surface area contributed by atoms with Crippen LogP contribution >= 0.6 is 34.8 Å². The predicted octanol–water partition coefficient (Wildman–Crippen LogP) is 6.24. The van der Waals surface area contributed by atoms with Gasteiger partial charge < -0.3 is 0 Å². The molecule has 0 fully saturated rings. The molecule has 0 heterocycles. The minimum Gasteiger partial charge on any atom is -0.258 e. The maximum absolute atomic E-state index is 13.3. The number of halogens is 6. The molecule has 22 heavy (non-hydrogen) atoms. The van der Waals surface area contributed by atoms with Crippen molar-refractivity contribution in [1.82, 2.24) is 0 Å². The second-order valence-electron chi connectivity index (χ2n) is 4.17. The maximum Gasteiger partial charge on any atom is 0.423 e. The zero-order valence-electron chi connectivity index (χ0n) is 10.4. The van der Waals surface area contributed by atoms with Crippen LogP contribution in [0.3, 0.4) is 0 Å². The first-order chi connectivity index (χ1) is 10.1. The average Bonchev–Trinajstić information content (AvgIpc) is 2.42. The van der Waals surface area contributed by atoms with Crippen molar-refractivity contribution in [2.45, 2.75) is 6.18 Å². The molecule has 0 unspecified atom stereocenters. The average molecular weight is 371 g/mol. The van der Waals surface area contributed by atoms with E-state index in [4.69, 9.17) is 34.8 Å². The van der Waals surface area contributed by atoms with E-state index in [9.17, 15) is 23.3 Å². The summed E-state index contributed by atoms with van der Waals surface area (Å²) in [5.74, 6) is 0. The Morgan fingerprint density at radius 1 is 1.00 bits per heavy atom. The van der Waals surface area contributed by atoms with Crippen molar-refractivity contribution in [3.63, 3.8) is 0 Å². The summed E-state index contributed by atoms with van der Waals surface area (Å²) >= 11 is 17.6. The van der Waals surface area contributed by atoms with E-state index >= 15 is 0 Å². The lowest BCUT2D eigenvalue weighted by atomic mass is 9.97. The van der Waals surface area contributed by atoms with E-state index in [2.05, 4.69) is 0 Å². The molecule has 2 aromatic rings. The molecular formula is C13H5Cl3F3NO2. The third kappa shape index (κ3) is 2.99. The van der Waals surface area contributed by atoms with E-state index in [-0.39, 0.29) is 20.6 Å². The van der Waals surface area contributed by atoms with E-state index in [1.165, 1.54) is 12.1 Å². The van der Waals surface area contributed by atoms with Gasteiger partial charge >= 0.3 is 6.18 Å². The van der Waals surface area contributed by atoms with Gasteiger partial charge in [0.05, 0.1) is 20.0 Å². The van der Waals surface area contributed by atoms with Gasteiger partial charge in [-0.05, 0) is 12.1 Å². The monoisotopic (exact) mass is 369 g/mol. The number of hydrogen-bond donors (Lipinski definition) is 0. The summed E-state index contributed by atoms with van der Waals surface area (Å²) in [5, 5.41) is 10.6.